The first kappa shape index (κ1) is 29.3. The summed E-state index contributed by atoms with van der Waals surface area (Å²) in [5, 5.41) is 6.01. The predicted molar refractivity (Wildman–Crippen MR) is 212 cm³/mol. The molecule has 3 aromatic heterocycles. The number of pyridine rings is 2. The van der Waals surface area contributed by atoms with Crippen LogP contribution in [0, 0.1) is 0 Å². The molecular weight excluding hydrogens is 621 g/mol. The third kappa shape index (κ3) is 4.87. The van der Waals surface area contributed by atoms with Gasteiger partial charge < -0.3 is 4.57 Å². The average Bonchev–Trinajstić information content (AvgIpc) is 3.55. The van der Waals surface area contributed by atoms with Crippen molar-refractivity contribution >= 4 is 54.9 Å². The number of hydrogen-bond donors (Lipinski definition) is 0. The second-order valence-corrected chi connectivity index (χ2v) is 13.1. The lowest BCUT2D eigenvalue weighted by Crippen LogP contribution is -2.08. The van der Waals surface area contributed by atoms with E-state index < -0.39 is 0 Å². The smallest absolute Gasteiger partial charge is 0.0963 e. The number of nitrogens with zero attached hydrogens (tertiary/aromatic N) is 4. The van der Waals surface area contributed by atoms with Crippen LogP contribution >= 0.6 is 0 Å². The summed E-state index contributed by atoms with van der Waals surface area (Å²) in [6.07, 6.45) is 5.87. The van der Waals surface area contributed by atoms with Crippen molar-refractivity contribution in [3.05, 3.63) is 181 Å². The molecule has 4 heteroatoms. The van der Waals surface area contributed by atoms with Crippen LogP contribution in [0.15, 0.2) is 175 Å². The molecule has 1 aliphatic rings. The van der Waals surface area contributed by atoms with Crippen LogP contribution in [0.1, 0.15) is 24.1 Å². The highest BCUT2D eigenvalue weighted by molar-refractivity contribution is 6.21. The summed E-state index contributed by atoms with van der Waals surface area (Å²) in [4.78, 5) is 15.3. The largest absolute Gasteiger partial charge is 0.308 e. The zero-order valence-electron chi connectivity index (χ0n) is 27.9. The van der Waals surface area contributed by atoms with Crippen LogP contribution in [0.2, 0.25) is 0 Å². The Hall–Kier alpha value is -6.65. The van der Waals surface area contributed by atoms with Gasteiger partial charge in [0.2, 0.25) is 0 Å². The molecule has 51 heavy (non-hydrogen) atoms. The Balaban J connectivity index is 1.04. The molecule has 0 amide bonds. The van der Waals surface area contributed by atoms with Crippen LogP contribution in [0.25, 0.3) is 77.2 Å². The van der Waals surface area contributed by atoms with Crippen LogP contribution in [-0.4, -0.2) is 20.2 Å². The first-order chi connectivity index (χ1) is 25.3. The number of fused-ring (bicyclic) bond motifs is 5. The highest BCUT2D eigenvalue weighted by atomic mass is 15.0. The summed E-state index contributed by atoms with van der Waals surface area (Å²) in [7, 11) is 0. The number of para-hydroxylation sites is 1. The minimum Gasteiger partial charge on any atom is -0.308 e. The summed E-state index contributed by atoms with van der Waals surface area (Å²) in [5.41, 5.74) is 13.0. The Labute approximate surface area is 295 Å². The van der Waals surface area contributed by atoms with Gasteiger partial charge in [0, 0.05) is 22.8 Å². The monoisotopic (exact) mass is 652 g/mol. The second kappa shape index (κ2) is 12.0. The summed E-state index contributed by atoms with van der Waals surface area (Å²) < 4.78 is 2.29. The van der Waals surface area contributed by atoms with Gasteiger partial charge in [-0.25, -0.2) is 4.98 Å². The first-order valence-corrected chi connectivity index (χ1v) is 17.5. The lowest BCUT2D eigenvalue weighted by Gasteiger charge is -2.18. The van der Waals surface area contributed by atoms with Crippen molar-refractivity contribution in [2.24, 2.45) is 4.99 Å². The van der Waals surface area contributed by atoms with E-state index in [-0.39, 0.29) is 0 Å². The fourth-order valence-electron chi connectivity index (χ4n) is 7.86. The lowest BCUT2D eigenvalue weighted by atomic mass is 9.87. The molecule has 9 aromatic rings. The lowest BCUT2D eigenvalue weighted by molar-refractivity contribution is 1.05. The number of aliphatic imine (C=N–C) groups is 1. The van der Waals surface area contributed by atoms with Crippen molar-refractivity contribution in [3.63, 3.8) is 0 Å². The molecule has 0 bridgehead atoms. The van der Waals surface area contributed by atoms with Gasteiger partial charge in [0.15, 0.2) is 0 Å². The van der Waals surface area contributed by atoms with Gasteiger partial charge in [-0.1, -0.05) is 121 Å². The van der Waals surface area contributed by atoms with E-state index in [1.165, 1.54) is 32.7 Å². The molecule has 0 radical (unpaired) electrons. The van der Waals surface area contributed by atoms with Crippen molar-refractivity contribution in [2.45, 2.75) is 12.8 Å². The molecule has 0 atom stereocenters. The summed E-state index contributed by atoms with van der Waals surface area (Å²) in [5.74, 6) is 0. The topological polar surface area (TPSA) is 43.1 Å². The minimum absolute atomic E-state index is 0.848. The molecule has 1 aliphatic heterocycles. The highest BCUT2D eigenvalue weighted by Crippen LogP contribution is 2.43. The number of rotatable bonds is 5. The third-order valence-electron chi connectivity index (χ3n) is 10.1. The Bertz CT molecular complexity index is 2730. The average molecular weight is 653 g/mol. The molecule has 0 unspecified atom stereocenters. The molecular formula is C47H32N4. The first-order valence-electron chi connectivity index (χ1n) is 17.5. The van der Waals surface area contributed by atoms with Crippen LogP contribution < -0.4 is 0 Å². The van der Waals surface area contributed by atoms with Crippen LogP contribution in [0.3, 0.4) is 0 Å². The summed E-state index contributed by atoms with van der Waals surface area (Å²) in [6, 6.07) is 55.9. The second-order valence-electron chi connectivity index (χ2n) is 13.1. The van der Waals surface area contributed by atoms with E-state index in [1.807, 2.05) is 12.3 Å². The van der Waals surface area contributed by atoms with Crippen molar-refractivity contribution in [1.29, 1.82) is 0 Å². The van der Waals surface area contributed by atoms with Gasteiger partial charge in [-0.2, -0.15) is 0 Å². The Morgan fingerprint density at radius 3 is 1.84 bits per heavy atom. The van der Waals surface area contributed by atoms with Crippen LogP contribution in [0.4, 0.5) is 0 Å². The molecule has 10 rings (SSSR count). The molecule has 4 heterocycles. The quantitative estimate of drug-likeness (QED) is 0.174. The van der Waals surface area contributed by atoms with E-state index in [9.17, 15) is 0 Å². The summed E-state index contributed by atoms with van der Waals surface area (Å²) in [6.45, 7) is 0. The maximum Gasteiger partial charge on any atom is 0.0963 e. The molecule has 0 spiro atoms. The number of hydrogen-bond acceptors (Lipinski definition) is 3. The standard InChI is InChI=1S/C47H32N4/c1-2-13-32(14-3-1)45-34-15-4-6-17-36(34)46(37-18-7-5-16-35(37)45)42-23-11-22-41(50-42)40-21-10-20-39(49-40)31-26-28-33(29-27-31)51-43-24-9-8-19-38(43)47-44(51)25-12-30-48-47/h1-9,11-20,22-30H,10,21H2. The van der Waals surface area contributed by atoms with E-state index in [0.29, 0.717) is 0 Å². The van der Waals surface area contributed by atoms with E-state index in [1.54, 1.807) is 0 Å². The van der Waals surface area contributed by atoms with E-state index in [0.717, 1.165) is 74.4 Å². The number of aromatic nitrogens is 3. The minimum atomic E-state index is 0.848. The molecule has 4 nitrogen and oxygen atoms in total. The van der Waals surface area contributed by atoms with Crippen LogP contribution in [0.5, 0.6) is 0 Å². The maximum absolute atomic E-state index is 5.34. The van der Waals surface area contributed by atoms with Gasteiger partial charge in [-0.05, 0) is 93.5 Å². The number of benzene rings is 6. The maximum atomic E-state index is 5.34. The van der Waals surface area contributed by atoms with Gasteiger partial charge in [-0.3, -0.25) is 9.98 Å². The Kier molecular flexibility index (Phi) is 6.91. The van der Waals surface area contributed by atoms with Gasteiger partial charge in [0.1, 0.15) is 0 Å². The predicted octanol–water partition coefficient (Wildman–Crippen LogP) is 11.8. The fraction of sp³-hybridized carbons (Fsp3) is 0.0426. The Morgan fingerprint density at radius 2 is 1.10 bits per heavy atom. The number of allylic oxidation sites excluding steroid dienone is 1. The normalized spacial score (nSPS) is 13.2. The van der Waals surface area contributed by atoms with Crippen LogP contribution in [-0.2, 0) is 0 Å². The zero-order chi connectivity index (χ0) is 33.7. The van der Waals surface area contributed by atoms with Crippen molar-refractivity contribution in [2.75, 3.05) is 0 Å². The molecule has 0 saturated heterocycles. The van der Waals surface area contributed by atoms with Gasteiger partial charge in [0.25, 0.3) is 0 Å². The van der Waals surface area contributed by atoms with Gasteiger partial charge >= 0.3 is 0 Å². The molecule has 0 N–H and O–H groups in total. The highest BCUT2D eigenvalue weighted by Gasteiger charge is 2.19. The molecule has 240 valence electrons. The van der Waals surface area contributed by atoms with Crippen molar-refractivity contribution in [3.8, 4) is 28.1 Å². The van der Waals surface area contributed by atoms with E-state index >= 15 is 0 Å². The molecule has 0 aliphatic carbocycles. The zero-order valence-corrected chi connectivity index (χ0v) is 27.9. The molecule has 6 aromatic carbocycles. The fourth-order valence-corrected chi connectivity index (χ4v) is 7.86. The SMILES string of the molecule is C1=C(c2ccc(-n3c4ccccc4c4ncccc43)cc2)N=C(c2cccc(-c3c4ccccc4c(-c4ccccc4)c4ccccc34)n2)CC1. The van der Waals surface area contributed by atoms with E-state index in [2.05, 4.69) is 162 Å². The van der Waals surface area contributed by atoms with E-state index in [4.69, 9.17) is 15.0 Å². The van der Waals surface area contributed by atoms with Crippen molar-refractivity contribution in [1.82, 2.24) is 14.5 Å². The summed E-state index contributed by atoms with van der Waals surface area (Å²) >= 11 is 0. The van der Waals surface area contributed by atoms with Gasteiger partial charge in [0.05, 0.1) is 39.3 Å². The Morgan fingerprint density at radius 1 is 0.471 bits per heavy atom. The van der Waals surface area contributed by atoms with Gasteiger partial charge in [-0.15, -0.1) is 0 Å². The van der Waals surface area contributed by atoms with Crippen molar-refractivity contribution < 1.29 is 0 Å². The third-order valence-corrected chi connectivity index (χ3v) is 10.1. The molecule has 0 fully saturated rings. The molecule has 0 saturated carbocycles.